The zero-order chi connectivity index (χ0) is 19.7. The average molecular weight is 419 g/mol. The van der Waals surface area contributed by atoms with E-state index in [1.54, 1.807) is 23.1 Å². The molecule has 0 aromatic carbocycles. The Balaban J connectivity index is 1.51. The molecule has 0 spiro atoms. The smallest absolute Gasteiger partial charge is 0.255 e. The van der Waals surface area contributed by atoms with Crippen LogP contribution in [-0.4, -0.2) is 57.4 Å². The predicted octanol–water partition coefficient (Wildman–Crippen LogP) is 2.25. The molecule has 1 fully saturated rings. The molecule has 2 bridgehead atoms. The largest absolute Gasteiger partial charge is 0.341 e. The highest BCUT2D eigenvalue weighted by Crippen LogP contribution is 2.35. The van der Waals surface area contributed by atoms with Gasteiger partial charge in [0, 0.05) is 55.3 Å². The summed E-state index contributed by atoms with van der Waals surface area (Å²) in [5.74, 6) is 1.40. The number of thioether (sulfide) groups is 1. The third kappa shape index (κ3) is 4.04. The topological polar surface area (TPSA) is 58.4 Å². The summed E-state index contributed by atoms with van der Waals surface area (Å²) in [5.41, 5.74) is 4.92. The van der Waals surface area contributed by atoms with Gasteiger partial charge in [-0.3, -0.25) is 14.5 Å². The van der Waals surface area contributed by atoms with Crippen molar-refractivity contribution in [1.29, 1.82) is 0 Å². The van der Waals surface area contributed by atoms with Crippen LogP contribution in [0.2, 0.25) is 0 Å². The highest BCUT2D eigenvalue weighted by atomic mass is 32.2. The number of carbonyl (C=O) groups is 1. The van der Waals surface area contributed by atoms with Gasteiger partial charge in [0.15, 0.2) is 0 Å². The minimum atomic E-state index is 0.126. The van der Waals surface area contributed by atoms with E-state index in [1.165, 1.54) is 0 Å². The van der Waals surface area contributed by atoms with Crippen molar-refractivity contribution in [2.45, 2.75) is 32.0 Å². The van der Waals surface area contributed by atoms with Crippen molar-refractivity contribution < 1.29 is 4.79 Å². The van der Waals surface area contributed by atoms with E-state index in [0.717, 1.165) is 49.6 Å². The quantitative estimate of drug-likeness (QED) is 0.720. The highest BCUT2D eigenvalue weighted by molar-refractivity contribution is 7.99. The molecule has 8 heteroatoms. The predicted molar refractivity (Wildman–Crippen MR) is 114 cm³/mol. The zero-order valence-electron chi connectivity index (χ0n) is 16.3. The molecule has 2 atom stereocenters. The van der Waals surface area contributed by atoms with Gasteiger partial charge < -0.3 is 9.47 Å². The van der Waals surface area contributed by atoms with Gasteiger partial charge in [-0.25, -0.2) is 4.98 Å². The van der Waals surface area contributed by atoms with Gasteiger partial charge in [0.2, 0.25) is 5.91 Å². The Labute approximate surface area is 173 Å². The lowest BCUT2D eigenvalue weighted by Gasteiger charge is -2.43. The van der Waals surface area contributed by atoms with Gasteiger partial charge in [-0.1, -0.05) is 6.07 Å². The van der Waals surface area contributed by atoms with Crippen LogP contribution in [0.15, 0.2) is 27.8 Å². The first kappa shape index (κ1) is 19.7. The number of likely N-dealkylation sites (tertiary alicyclic amines) is 1. The second-order valence-corrected chi connectivity index (χ2v) is 9.47. The monoisotopic (exact) mass is 418 g/mol. The third-order valence-electron chi connectivity index (χ3n) is 5.66. The molecular formula is C20H26N4O2S2. The van der Waals surface area contributed by atoms with Crippen molar-refractivity contribution in [1.82, 2.24) is 19.4 Å². The summed E-state index contributed by atoms with van der Waals surface area (Å²) in [5, 5.41) is 2.04. The molecule has 28 heavy (non-hydrogen) atoms. The number of carbonyl (C=O) groups excluding carboxylic acids is 1. The van der Waals surface area contributed by atoms with Crippen molar-refractivity contribution in [2.75, 3.05) is 32.1 Å². The summed E-state index contributed by atoms with van der Waals surface area (Å²) in [6.07, 6.45) is 3.04. The minimum Gasteiger partial charge on any atom is -0.341 e. The summed E-state index contributed by atoms with van der Waals surface area (Å²) in [6, 6.07) is 4.09. The van der Waals surface area contributed by atoms with Gasteiger partial charge in [-0.15, -0.1) is 11.3 Å². The fourth-order valence-corrected chi connectivity index (χ4v) is 5.45. The van der Waals surface area contributed by atoms with Crippen LogP contribution in [0.5, 0.6) is 0 Å². The Morgan fingerprint density at radius 1 is 1.32 bits per heavy atom. The van der Waals surface area contributed by atoms with Crippen LogP contribution in [0.25, 0.3) is 0 Å². The average Bonchev–Trinajstić information content (AvgIpc) is 3.17. The summed E-state index contributed by atoms with van der Waals surface area (Å²) in [4.78, 5) is 33.9. The molecule has 0 saturated carbocycles. The van der Waals surface area contributed by atoms with E-state index in [2.05, 4.69) is 16.0 Å². The van der Waals surface area contributed by atoms with Crippen molar-refractivity contribution in [2.24, 2.45) is 5.92 Å². The van der Waals surface area contributed by atoms with E-state index >= 15 is 0 Å². The molecule has 2 aromatic heterocycles. The summed E-state index contributed by atoms with van der Waals surface area (Å²) in [7, 11) is 2.02. The van der Waals surface area contributed by atoms with Gasteiger partial charge in [-0.05, 0) is 31.7 Å². The van der Waals surface area contributed by atoms with Crippen molar-refractivity contribution in [3.05, 3.63) is 50.3 Å². The molecule has 0 aliphatic carbocycles. The molecule has 0 unspecified atom stereocenters. The number of amides is 1. The van der Waals surface area contributed by atoms with E-state index in [9.17, 15) is 9.59 Å². The van der Waals surface area contributed by atoms with Gasteiger partial charge in [0.05, 0.1) is 17.0 Å². The van der Waals surface area contributed by atoms with Crippen LogP contribution in [0, 0.1) is 5.92 Å². The Morgan fingerprint density at radius 2 is 2.18 bits per heavy atom. The van der Waals surface area contributed by atoms with Gasteiger partial charge in [-0.2, -0.15) is 11.8 Å². The van der Waals surface area contributed by atoms with Gasteiger partial charge in [0.25, 0.3) is 5.56 Å². The molecule has 0 radical (unpaired) electrons. The van der Waals surface area contributed by atoms with Crippen LogP contribution >= 0.6 is 23.1 Å². The highest BCUT2D eigenvalue weighted by Gasteiger charge is 2.36. The first-order chi connectivity index (χ1) is 13.5. The lowest BCUT2D eigenvalue weighted by molar-refractivity contribution is -0.131. The van der Waals surface area contributed by atoms with E-state index in [1.807, 2.05) is 39.7 Å². The number of hydrogen-bond acceptors (Lipinski definition) is 6. The number of thiazole rings is 1. The van der Waals surface area contributed by atoms with Gasteiger partial charge in [0.1, 0.15) is 0 Å². The molecule has 1 amide bonds. The lowest BCUT2D eigenvalue weighted by atomic mass is 9.83. The maximum Gasteiger partial charge on any atom is 0.255 e. The second kappa shape index (κ2) is 8.39. The van der Waals surface area contributed by atoms with Crippen molar-refractivity contribution >= 4 is 29.0 Å². The van der Waals surface area contributed by atoms with E-state index < -0.39 is 0 Å². The second-order valence-electron chi connectivity index (χ2n) is 7.88. The molecule has 2 aliphatic heterocycles. The van der Waals surface area contributed by atoms with E-state index in [4.69, 9.17) is 0 Å². The van der Waals surface area contributed by atoms with Crippen molar-refractivity contribution in [3.8, 4) is 0 Å². The molecule has 4 heterocycles. The maximum absolute atomic E-state index is 13.1. The molecule has 4 rings (SSSR count). The zero-order valence-corrected chi connectivity index (χ0v) is 18.0. The fourth-order valence-electron chi connectivity index (χ4n) is 4.47. The molecular weight excluding hydrogens is 392 g/mol. The minimum absolute atomic E-state index is 0.126. The van der Waals surface area contributed by atoms with Crippen LogP contribution < -0.4 is 5.56 Å². The molecule has 1 saturated heterocycles. The lowest BCUT2D eigenvalue weighted by Crippen LogP contribution is -2.50. The number of nitrogens with zero attached hydrogens (tertiary/aromatic N) is 4. The summed E-state index contributed by atoms with van der Waals surface area (Å²) < 4.78 is 1.97. The fraction of sp³-hybridized carbons (Fsp3) is 0.550. The number of fused-ring (bicyclic) bond motifs is 4. The third-order valence-corrected chi connectivity index (χ3v) is 6.83. The molecule has 0 N–H and O–H groups in total. The van der Waals surface area contributed by atoms with E-state index in [-0.39, 0.29) is 17.4 Å². The molecule has 6 nitrogen and oxygen atoms in total. The number of hydrogen-bond donors (Lipinski definition) is 0. The van der Waals surface area contributed by atoms with Gasteiger partial charge >= 0.3 is 0 Å². The van der Waals surface area contributed by atoms with Crippen LogP contribution in [0.4, 0.5) is 0 Å². The molecule has 2 aliphatic rings. The Morgan fingerprint density at radius 3 is 2.93 bits per heavy atom. The summed E-state index contributed by atoms with van der Waals surface area (Å²) >= 11 is 3.16. The van der Waals surface area contributed by atoms with Crippen LogP contribution in [0.3, 0.4) is 0 Å². The first-order valence-corrected chi connectivity index (χ1v) is 11.9. The molecule has 150 valence electrons. The number of pyridine rings is 1. The SMILES string of the molecule is CSCC(=O)N1C[C@@H]2C[C@H](C1)c1ccc(CN(C)Cc3cscn3)c(=O)n1C2. The maximum atomic E-state index is 13.1. The Hall–Kier alpha value is -1.64. The van der Waals surface area contributed by atoms with Crippen LogP contribution in [-0.2, 0) is 24.4 Å². The van der Waals surface area contributed by atoms with Crippen LogP contribution in [0.1, 0.15) is 29.3 Å². The number of rotatable bonds is 6. The summed E-state index contributed by atoms with van der Waals surface area (Å²) in [6.45, 7) is 3.58. The number of piperidine rings is 1. The molecule has 2 aromatic rings. The Bertz CT molecular complexity index is 896. The normalized spacial score (nSPS) is 21.0. The Kier molecular flexibility index (Phi) is 5.89. The van der Waals surface area contributed by atoms with E-state index in [0.29, 0.717) is 18.2 Å². The standard InChI is InChI=1S/C20H26N4O2S2/c1-22(10-17-11-28-13-21-17)8-15-3-4-18-16-5-14(7-24(18)20(15)26)6-23(9-16)19(25)12-27-2/h3-4,11,13-14,16H,5-10,12H2,1-2H3/t14-,16+/m0/s1. The van der Waals surface area contributed by atoms with Crippen molar-refractivity contribution in [3.63, 3.8) is 0 Å². The first-order valence-electron chi connectivity index (χ1n) is 9.60. The number of aromatic nitrogens is 2.